The van der Waals surface area contributed by atoms with Gasteiger partial charge in [0.2, 0.25) is 0 Å². The maximum Gasteiger partial charge on any atom is 0.123 e. The molecule has 0 N–H and O–H groups in total. The average Bonchev–Trinajstić information content (AvgIpc) is 1.80. The topological polar surface area (TPSA) is 0 Å². The highest BCUT2D eigenvalue weighted by molar-refractivity contribution is 14.1. The second-order valence-electron chi connectivity index (χ2n) is 1.62. The van der Waals surface area contributed by atoms with Crippen molar-refractivity contribution in [1.82, 2.24) is 0 Å². The lowest BCUT2D eigenvalue weighted by molar-refractivity contribution is 0.628. The van der Waals surface area contributed by atoms with Crippen molar-refractivity contribution in [2.24, 2.45) is 0 Å². The van der Waals surface area contributed by atoms with Crippen molar-refractivity contribution < 1.29 is 4.39 Å². The van der Waals surface area contributed by atoms with Gasteiger partial charge in [0.1, 0.15) is 5.82 Å². The molecule has 0 saturated carbocycles. The van der Waals surface area contributed by atoms with Crippen LogP contribution < -0.4 is 5.19 Å². The van der Waals surface area contributed by atoms with Gasteiger partial charge in [-0.3, -0.25) is 0 Å². The normalized spacial score (nSPS) is 9.67. The van der Waals surface area contributed by atoms with Gasteiger partial charge in [-0.05, 0) is 40.8 Å². The first-order valence-electron chi connectivity index (χ1n) is 2.37. The lowest BCUT2D eigenvalue weighted by Gasteiger charge is -1.94. The molecule has 0 aliphatic heterocycles. The van der Waals surface area contributed by atoms with E-state index in [1.807, 2.05) is 0 Å². The largest absolute Gasteiger partial charge is 0.207 e. The van der Waals surface area contributed by atoms with Gasteiger partial charge in [0.15, 0.2) is 0 Å². The van der Waals surface area contributed by atoms with Crippen molar-refractivity contribution in [3.8, 4) is 0 Å². The van der Waals surface area contributed by atoms with Gasteiger partial charge in [0.25, 0.3) is 0 Å². The minimum absolute atomic E-state index is 0.208. The third kappa shape index (κ3) is 1.75. The number of rotatable bonds is 0. The Balaban J connectivity index is 3.17. The van der Waals surface area contributed by atoms with Gasteiger partial charge < -0.3 is 0 Å². The van der Waals surface area contributed by atoms with Crippen LogP contribution in [-0.4, -0.2) is 10.2 Å². The van der Waals surface area contributed by atoms with Gasteiger partial charge in [0.05, 0.1) is 10.2 Å². The van der Waals surface area contributed by atoms with E-state index >= 15 is 0 Å². The van der Waals surface area contributed by atoms with Crippen LogP contribution in [0.15, 0.2) is 18.2 Å². The Bertz CT molecular complexity index is 224. The van der Waals surface area contributed by atoms with Crippen LogP contribution in [0.5, 0.6) is 0 Å². The summed E-state index contributed by atoms with van der Waals surface area (Å²) in [7, 11) is 3.25. The Kier molecular flexibility index (Phi) is 2.23. The first-order valence-corrected chi connectivity index (χ1v) is 3.94. The van der Waals surface area contributed by atoms with Crippen LogP contribution in [0.1, 0.15) is 0 Å². The predicted molar refractivity (Wildman–Crippen MR) is 44.5 cm³/mol. The van der Waals surface area contributed by atoms with Gasteiger partial charge in [-0.25, -0.2) is 4.39 Å². The highest BCUT2D eigenvalue weighted by atomic mass is 127. The van der Waals surface area contributed by atoms with E-state index in [1.54, 1.807) is 6.07 Å². The summed E-state index contributed by atoms with van der Waals surface area (Å²) in [6.45, 7) is 0. The first kappa shape index (κ1) is 7.21. The molecule has 3 heteroatoms. The number of benzene rings is 1. The van der Waals surface area contributed by atoms with Crippen molar-refractivity contribution in [1.29, 1.82) is 0 Å². The Morgan fingerprint density at radius 2 is 2.11 bits per heavy atom. The van der Waals surface area contributed by atoms with Crippen molar-refractivity contribution in [3.63, 3.8) is 0 Å². The zero-order valence-electron chi connectivity index (χ0n) is 4.49. The molecule has 45 valence electrons. The van der Waals surface area contributed by atoms with Crippen molar-refractivity contribution in [3.05, 3.63) is 27.6 Å². The van der Waals surface area contributed by atoms with E-state index in [4.69, 9.17) is 0 Å². The Labute approximate surface area is 70.0 Å². The molecular weight excluding hydrogens is 246 g/mol. The Hall–Kier alpha value is 0.0969. The quantitative estimate of drug-likeness (QED) is 0.479. The smallest absolute Gasteiger partial charge is 0.123 e. The Morgan fingerprint density at radius 1 is 1.44 bits per heavy atom. The Morgan fingerprint density at radius 3 is 2.56 bits per heavy atom. The summed E-state index contributed by atoms with van der Waals surface area (Å²) < 4.78 is 13.3. The summed E-state index contributed by atoms with van der Waals surface area (Å²) in [5, 5.41) is 0.801. The summed E-state index contributed by atoms with van der Waals surface area (Å²) in [4.78, 5) is 0. The van der Waals surface area contributed by atoms with Gasteiger partial charge in [-0.15, -0.1) is 0 Å². The lowest BCUT2D eigenvalue weighted by atomic mass is 10.3. The molecule has 0 aromatic heterocycles. The molecule has 3 radical (unpaired) electrons. The van der Waals surface area contributed by atoms with Crippen molar-refractivity contribution in [2.75, 3.05) is 0 Å². The summed E-state index contributed by atoms with van der Waals surface area (Å²) >= 11 is 2.13. The van der Waals surface area contributed by atoms with Crippen LogP contribution in [0.4, 0.5) is 4.39 Å². The molecule has 0 aliphatic rings. The third-order valence-corrected chi connectivity index (χ3v) is 2.79. The molecule has 0 aliphatic carbocycles. The highest BCUT2D eigenvalue weighted by Crippen LogP contribution is 2.01. The molecule has 0 spiro atoms. The van der Waals surface area contributed by atoms with Gasteiger partial charge in [-0.2, -0.15) is 0 Å². The number of hydrogen-bond acceptors (Lipinski definition) is 0. The molecule has 0 nitrogen and oxygen atoms in total. The van der Waals surface area contributed by atoms with Crippen molar-refractivity contribution >= 4 is 38.0 Å². The molecule has 0 saturated heterocycles. The zero-order chi connectivity index (χ0) is 6.85. The van der Waals surface area contributed by atoms with E-state index in [0.717, 1.165) is 8.76 Å². The third-order valence-electron chi connectivity index (χ3n) is 0.928. The fourth-order valence-corrected chi connectivity index (χ4v) is 1.05. The van der Waals surface area contributed by atoms with E-state index in [-0.39, 0.29) is 5.82 Å². The minimum Gasteiger partial charge on any atom is -0.207 e. The molecule has 9 heavy (non-hydrogen) atoms. The fourth-order valence-electron chi connectivity index (χ4n) is 0.497. The maximum absolute atomic E-state index is 12.3. The standard InChI is InChI=1S/C6H3FISi/c7-4-1-2-5(8)6(9)3-4/h1-3H. The monoisotopic (exact) mass is 249 g/mol. The van der Waals surface area contributed by atoms with Crippen LogP contribution >= 0.6 is 22.6 Å². The predicted octanol–water partition coefficient (Wildman–Crippen LogP) is 1.22. The molecule has 1 aromatic carbocycles. The van der Waals surface area contributed by atoms with Crippen LogP contribution in [0.3, 0.4) is 0 Å². The average molecular weight is 249 g/mol. The van der Waals surface area contributed by atoms with Gasteiger partial charge in [-0.1, -0.05) is 5.19 Å². The molecule has 0 fully saturated rings. The molecule has 0 heterocycles. The van der Waals surface area contributed by atoms with E-state index in [1.165, 1.54) is 12.1 Å². The minimum atomic E-state index is -0.208. The number of halogens is 2. The SMILES string of the molecule is Fc1ccc(I)c([Si])c1. The van der Waals surface area contributed by atoms with Crippen LogP contribution in [0.25, 0.3) is 0 Å². The van der Waals surface area contributed by atoms with E-state index < -0.39 is 0 Å². The molecule has 1 aromatic rings. The molecule has 1 rings (SSSR count). The molecule has 0 unspecified atom stereocenters. The maximum atomic E-state index is 12.3. The fraction of sp³-hybridized carbons (Fsp3) is 0. The van der Waals surface area contributed by atoms with Gasteiger partial charge in [0, 0.05) is 3.57 Å². The summed E-state index contributed by atoms with van der Waals surface area (Å²) in [6, 6.07) is 4.60. The van der Waals surface area contributed by atoms with E-state index in [2.05, 4.69) is 32.8 Å². The molecular formula is C6H3FISi. The number of hydrogen-bond donors (Lipinski definition) is 0. The molecule has 0 atom stereocenters. The molecule has 0 bridgehead atoms. The zero-order valence-corrected chi connectivity index (χ0v) is 7.65. The first-order chi connectivity index (χ1) is 4.20. The highest BCUT2D eigenvalue weighted by Gasteiger charge is 1.93. The second kappa shape index (κ2) is 2.79. The summed E-state index contributed by atoms with van der Waals surface area (Å²) in [5.74, 6) is -0.208. The second-order valence-corrected chi connectivity index (χ2v) is 3.33. The van der Waals surface area contributed by atoms with Crippen LogP contribution in [-0.2, 0) is 0 Å². The van der Waals surface area contributed by atoms with Crippen LogP contribution in [0.2, 0.25) is 0 Å². The molecule has 0 amide bonds. The summed E-state index contributed by atoms with van der Waals surface area (Å²) in [5.41, 5.74) is 0. The van der Waals surface area contributed by atoms with Crippen LogP contribution in [0, 0.1) is 9.39 Å². The summed E-state index contributed by atoms with van der Waals surface area (Å²) in [6.07, 6.45) is 0. The van der Waals surface area contributed by atoms with E-state index in [0.29, 0.717) is 0 Å². The van der Waals surface area contributed by atoms with Crippen molar-refractivity contribution in [2.45, 2.75) is 0 Å². The lowest BCUT2D eigenvalue weighted by Crippen LogP contribution is -2.06. The van der Waals surface area contributed by atoms with E-state index in [9.17, 15) is 4.39 Å². The van der Waals surface area contributed by atoms with Gasteiger partial charge >= 0.3 is 0 Å².